The highest BCUT2D eigenvalue weighted by Gasteiger charge is 2.38. The van der Waals surface area contributed by atoms with E-state index in [1.807, 2.05) is 26.0 Å². The van der Waals surface area contributed by atoms with Crippen molar-refractivity contribution in [3.63, 3.8) is 0 Å². The van der Waals surface area contributed by atoms with Crippen LogP contribution in [0.4, 0.5) is 42.5 Å². The normalized spacial score (nSPS) is 12.1. The molecule has 14 heteroatoms. The van der Waals surface area contributed by atoms with E-state index in [1.54, 1.807) is 18.3 Å². The topological polar surface area (TPSA) is 107 Å². The van der Waals surface area contributed by atoms with E-state index in [0.717, 1.165) is 5.69 Å². The minimum Gasteiger partial charge on any atom is -0.483 e. The summed E-state index contributed by atoms with van der Waals surface area (Å²) >= 11 is 0. The van der Waals surface area contributed by atoms with E-state index in [2.05, 4.69) is 20.4 Å². The van der Waals surface area contributed by atoms with Gasteiger partial charge >= 0.3 is 18.4 Å². The van der Waals surface area contributed by atoms with Crippen LogP contribution in [0.1, 0.15) is 68.6 Å². The van der Waals surface area contributed by atoms with E-state index < -0.39 is 71.5 Å². The van der Waals surface area contributed by atoms with Crippen LogP contribution in [0.25, 0.3) is 11.1 Å². The van der Waals surface area contributed by atoms with Crippen molar-refractivity contribution < 1.29 is 50.2 Å². The van der Waals surface area contributed by atoms with Crippen LogP contribution in [0.15, 0.2) is 54.7 Å². The Morgan fingerprint density at radius 2 is 1.53 bits per heavy atom. The Morgan fingerprint density at radius 1 is 0.867 bits per heavy atom. The Bertz CT molecular complexity index is 1550. The number of carbonyl (C=O) groups excluding carboxylic acids is 3. The minimum atomic E-state index is -5.22. The molecule has 0 bridgehead atoms. The van der Waals surface area contributed by atoms with Crippen molar-refractivity contribution >= 4 is 29.2 Å². The molecule has 2 aromatic carbocycles. The molecular formula is C31H31F6N3O5. The lowest BCUT2D eigenvalue weighted by molar-refractivity contribution is -0.158. The summed E-state index contributed by atoms with van der Waals surface area (Å²) in [6.45, 7) is 6.41. The number of nitrogens with zero attached hydrogens (tertiary/aromatic N) is 1. The number of amides is 2. The Labute approximate surface area is 255 Å². The van der Waals surface area contributed by atoms with Gasteiger partial charge in [0.15, 0.2) is 12.4 Å². The van der Waals surface area contributed by atoms with Gasteiger partial charge in [0.1, 0.15) is 11.4 Å². The standard InChI is InChI=1S/C31H31F6N3O5/c1-17(2)22-10-9-20(15-38-22)18-7-6-8-19(11-18)25(41)14-27(42)39-23-12-21(31(35,36)37)26(44-16-30(32,33)34)13-24(23)40-28(43)45-29(3,4)5/h6-13,15,17H,14,16H2,1-5H3,(H,39,42)(H,40,43). The summed E-state index contributed by atoms with van der Waals surface area (Å²) in [4.78, 5) is 42.6. The number of rotatable bonds is 9. The largest absolute Gasteiger partial charge is 0.483 e. The highest BCUT2D eigenvalue weighted by molar-refractivity contribution is 6.12. The monoisotopic (exact) mass is 639 g/mol. The summed E-state index contributed by atoms with van der Waals surface area (Å²) < 4.78 is 89.2. The van der Waals surface area contributed by atoms with Crippen LogP contribution in [0, 0.1) is 0 Å². The number of alkyl halides is 6. The molecule has 0 aliphatic heterocycles. The van der Waals surface area contributed by atoms with Crippen molar-refractivity contribution in [1.29, 1.82) is 0 Å². The molecule has 0 aliphatic rings. The average molecular weight is 640 g/mol. The van der Waals surface area contributed by atoms with E-state index in [0.29, 0.717) is 23.3 Å². The predicted molar refractivity (Wildman–Crippen MR) is 154 cm³/mol. The fraction of sp³-hybridized carbons (Fsp3) is 0.355. The Morgan fingerprint density at radius 3 is 2.09 bits per heavy atom. The first-order chi connectivity index (χ1) is 20.7. The SMILES string of the molecule is CC(C)c1ccc(-c2cccc(C(=O)CC(=O)Nc3cc(C(F)(F)F)c(OCC(F)(F)F)cc3NC(=O)OC(C)(C)C)c2)cn1. The lowest BCUT2D eigenvalue weighted by atomic mass is 10.00. The zero-order valence-corrected chi connectivity index (χ0v) is 24.9. The van der Waals surface area contributed by atoms with Gasteiger partial charge < -0.3 is 14.8 Å². The Hall–Kier alpha value is -4.62. The summed E-state index contributed by atoms with van der Waals surface area (Å²) in [5.41, 5.74) is -1.58. The van der Waals surface area contributed by atoms with Crippen molar-refractivity contribution in [2.45, 2.75) is 64.9 Å². The van der Waals surface area contributed by atoms with Crippen molar-refractivity contribution in [3.8, 4) is 16.9 Å². The third-order valence-electron chi connectivity index (χ3n) is 5.94. The van der Waals surface area contributed by atoms with Gasteiger partial charge in [0, 0.05) is 29.1 Å². The van der Waals surface area contributed by atoms with Crippen LogP contribution < -0.4 is 15.4 Å². The van der Waals surface area contributed by atoms with Gasteiger partial charge in [-0.2, -0.15) is 26.3 Å². The molecule has 3 rings (SSSR count). The lowest BCUT2D eigenvalue weighted by Gasteiger charge is -2.22. The van der Waals surface area contributed by atoms with E-state index in [4.69, 9.17) is 4.74 Å². The molecule has 0 unspecified atom stereocenters. The molecule has 0 aliphatic carbocycles. The molecule has 0 spiro atoms. The summed E-state index contributed by atoms with van der Waals surface area (Å²) in [5.74, 6) is -2.78. The van der Waals surface area contributed by atoms with Crippen molar-refractivity contribution in [2.24, 2.45) is 0 Å². The second-order valence-corrected chi connectivity index (χ2v) is 11.3. The highest BCUT2D eigenvalue weighted by Crippen LogP contribution is 2.42. The molecule has 0 atom stereocenters. The molecule has 2 amide bonds. The number of benzene rings is 2. The van der Waals surface area contributed by atoms with Crippen LogP contribution in [0.5, 0.6) is 5.75 Å². The number of nitrogens with one attached hydrogen (secondary N) is 2. The second-order valence-electron chi connectivity index (χ2n) is 11.3. The highest BCUT2D eigenvalue weighted by atomic mass is 19.4. The number of anilines is 2. The maximum atomic E-state index is 13.8. The number of carbonyl (C=O) groups is 3. The van der Waals surface area contributed by atoms with Gasteiger partial charge in [0.25, 0.3) is 0 Å². The van der Waals surface area contributed by atoms with Crippen LogP contribution in [-0.2, 0) is 15.7 Å². The van der Waals surface area contributed by atoms with Crippen molar-refractivity contribution in [1.82, 2.24) is 4.98 Å². The summed E-state index contributed by atoms with van der Waals surface area (Å²) in [6, 6.07) is 10.8. The molecule has 3 aromatic rings. The molecule has 0 radical (unpaired) electrons. The molecule has 2 N–H and O–H groups in total. The van der Waals surface area contributed by atoms with Gasteiger partial charge in [0.05, 0.1) is 23.4 Å². The first-order valence-corrected chi connectivity index (χ1v) is 13.6. The van der Waals surface area contributed by atoms with Crippen molar-refractivity contribution in [2.75, 3.05) is 17.2 Å². The quantitative estimate of drug-likeness (QED) is 0.138. The summed E-state index contributed by atoms with van der Waals surface area (Å²) in [7, 11) is 0. The first-order valence-electron chi connectivity index (χ1n) is 13.6. The molecule has 0 saturated heterocycles. The lowest BCUT2D eigenvalue weighted by Crippen LogP contribution is -2.28. The number of hydrogen-bond acceptors (Lipinski definition) is 6. The van der Waals surface area contributed by atoms with Gasteiger partial charge in [-0.1, -0.05) is 38.1 Å². The predicted octanol–water partition coefficient (Wildman–Crippen LogP) is 8.39. The fourth-order valence-electron chi connectivity index (χ4n) is 3.93. The van der Waals surface area contributed by atoms with E-state index in [-0.39, 0.29) is 11.5 Å². The molecule has 242 valence electrons. The maximum Gasteiger partial charge on any atom is 0.422 e. The molecular weight excluding hydrogens is 608 g/mol. The molecule has 0 fully saturated rings. The van der Waals surface area contributed by atoms with Crippen LogP contribution >= 0.6 is 0 Å². The van der Waals surface area contributed by atoms with Gasteiger partial charge in [0.2, 0.25) is 5.91 Å². The average Bonchev–Trinajstić information content (AvgIpc) is 2.91. The van der Waals surface area contributed by atoms with E-state index in [9.17, 15) is 40.7 Å². The second kappa shape index (κ2) is 13.6. The number of Topliss-reactive ketones (excluding diaryl/α,β-unsaturated/α-hetero) is 1. The van der Waals surface area contributed by atoms with Crippen LogP contribution in [-0.4, -0.2) is 41.2 Å². The number of ether oxygens (including phenoxy) is 2. The van der Waals surface area contributed by atoms with Gasteiger partial charge in [-0.3, -0.25) is 19.9 Å². The molecule has 1 heterocycles. The van der Waals surface area contributed by atoms with E-state index in [1.165, 1.54) is 32.9 Å². The number of halogens is 6. The summed E-state index contributed by atoms with van der Waals surface area (Å²) in [5, 5.41) is 4.25. The number of pyridine rings is 1. The molecule has 45 heavy (non-hydrogen) atoms. The fourth-order valence-corrected chi connectivity index (χ4v) is 3.93. The zero-order valence-electron chi connectivity index (χ0n) is 24.9. The number of aromatic nitrogens is 1. The van der Waals surface area contributed by atoms with Gasteiger partial charge in [-0.25, -0.2) is 4.79 Å². The van der Waals surface area contributed by atoms with Crippen LogP contribution in [0.2, 0.25) is 0 Å². The van der Waals surface area contributed by atoms with Crippen molar-refractivity contribution in [3.05, 3.63) is 71.5 Å². The first kappa shape index (κ1) is 34.9. The van der Waals surface area contributed by atoms with Gasteiger partial charge in [-0.15, -0.1) is 0 Å². The molecule has 8 nitrogen and oxygen atoms in total. The molecule has 0 saturated carbocycles. The minimum absolute atomic E-state index is 0.134. The van der Waals surface area contributed by atoms with E-state index >= 15 is 0 Å². The molecule has 1 aromatic heterocycles. The van der Waals surface area contributed by atoms with Gasteiger partial charge in [-0.05, 0) is 50.5 Å². The zero-order chi connectivity index (χ0) is 33.7. The number of hydrogen-bond donors (Lipinski definition) is 2. The number of ketones is 1. The maximum absolute atomic E-state index is 13.8. The third kappa shape index (κ3) is 10.5. The van der Waals surface area contributed by atoms with Crippen LogP contribution in [0.3, 0.4) is 0 Å². The third-order valence-corrected chi connectivity index (χ3v) is 5.94. The smallest absolute Gasteiger partial charge is 0.422 e. The Kier molecular flexibility index (Phi) is 10.5. The summed E-state index contributed by atoms with van der Waals surface area (Å²) in [6.07, 6.45) is -10.5. The Balaban J connectivity index is 1.90.